The van der Waals surface area contributed by atoms with Gasteiger partial charge in [0, 0.05) is 26.9 Å². The maximum atomic E-state index is 12.2. The summed E-state index contributed by atoms with van der Waals surface area (Å²) < 4.78 is 15.6. The number of ether oxygens (including phenoxy) is 3. The van der Waals surface area contributed by atoms with Gasteiger partial charge in [-0.25, -0.2) is 14.4 Å². The van der Waals surface area contributed by atoms with E-state index in [0.717, 1.165) is 5.56 Å². The molecule has 0 spiro atoms. The fourth-order valence-corrected chi connectivity index (χ4v) is 2.96. The summed E-state index contributed by atoms with van der Waals surface area (Å²) in [6.45, 7) is 3.97. The number of hydrogen-bond acceptors (Lipinski definition) is 6. The molecule has 0 aliphatic carbocycles. The van der Waals surface area contributed by atoms with Crippen molar-refractivity contribution >= 4 is 18.0 Å². The van der Waals surface area contributed by atoms with Crippen LogP contribution in [0.3, 0.4) is 0 Å². The molecular weight excluding hydrogens is 338 g/mol. The van der Waals surface area contributed by atoms with Crippen LogP contribution in [-0.4, -0.2) is 41.8 Å². The normalized spacial score (nSPS) is 19.7. The smallest absolute Gasteiger partial charge is 0.410 e. The number of cyclic esters (lactones) is 2. The van der Waals surface area contributed by atoms with E-state index in [1.807, 2.05) is 30.3 Å². The lowest BCUT2D eigenvalue weighted by atomic mass is 9.97. The van der Waals surface area contributed by atoms with Crippen LogP contribution in [0.2, 0.25) is 0 Å². The maximum Gasteiger partial charge on any atom is 0.410 e. The zero-order chi connectivity index (χ0) is 18.7. The first kappa shape index (κ1) is 18.0. The summed E-state index contributed by atoms with van der Waals surface area (Å²) in [6.07, 6.45) is 0.397. The molecule has 2 saturated heterocycles. The Balaban J connectivity index is 1.57. The molecule has 2 aliphatic rings. The van der Waals surface area contributed by atoms with Crippen LogP contribution in [0.15, 0.2) is 41.5 Å². The van der Waals surface area contributed by atoms with Gasteiger partial charge < -0.3 is 19.1 Å². The standard InChI is InChI=1S/C19H21NO6/c1-19(2)25-16(21)15(17(22)26-19)14-8-10-20(11-9-14)18(23)24-12-13-6-4-3-5-7-13/h3-7H,8-12H2,1-2H3. The SMILES string of the molecule is CC1(C)OC(=O)C(=C2CCN(C(=O)OCc3ccccc3)CC2)C(=O)O1. The van der Waals surface area contributed by atoms with Gasteiger partial charge in [0.1, 0.15) is 12.2 Å². The van der Waals surface area contributed by atoms with Crippen LogP contribution in [0.25, 0.3) is 0 Å². The van der Waals surface area contributed by atoms with Crippen molar-refractivity contribution in [3.8, 4) is 0 Å². The van der Waals surface area contributed by atoms with Crippen LogP contribution in [0, 0.1) is 0 Å². The number of benzene rings is 1. The van der Waals surface area contributed by atoms with Crippen molar-refractivity contribution in [3.05, 3.63) is 47.0 Å². The minimum Gasteiger partial charge on any atom is -0.445 e. The Bertz CT molecular complexity index is 721. The molecule has 2 heterocycles. The number of hydrogen-bond donors (Lipinski definition) is 0. The van der Waals surface area contributed by atoms with E-state index in [-0.39, 0.29) is 12.2 Å². The topological polar surface area (TPSA) is 82.1 Å². The third-order valence-electron chi connectivity index (χ3n) is 4.27. The van der Waals surface area contributed by atoms with Gasteiger partial charge >= 0.3 is 18.0 Å². The van der Waals surface area contributed by atoms with Crippen LogP contribution in [-0.2, 0) is 30.4 Å². The molecule has 0 N–H and O–H groups in total. The summed E-state index contributed by atoms with van der Waals surface area (Å²) in [4.78, 5) is 38.0. The average Bonchev–Trinajstić information content (AvgIpc) is 2.59. The van der Waals surface area contributed by atoms with Gasteiger partial charge in [0.2, 0.25) is 0 Å². The summed E-state index contributed by atoms with van der Waals surface area (Å²) in [6, 6.07) is 9.42. The number of rotatable bonds is 2. The molecule has 7 heteroatoms. The molecule has 0 saturated carbocycles. The molecule has 0 aromatic heterocycles. The van der Waals surface area contributed by atoms with Crippen LogP contribution < -0.4 is 0 Å². The number of esters is 2. The van der Waals surface area contributed by atoms with Crippen LogP contribution >= 0.6 is 0 Å². The number of nitrogens with zero attached hydrogens (tertiary/aromatic N) is 1. The minimum absolute atomic E-state index is 0.0402. The number of piperidine rings is 1. The zero-order valence-electron chi connectivity index (χ0n) is 14.8. The highest BCUT2D eigenvalue weighted by Gasteiger charge is 2.41. The van der Waals surface area contributed by atoms with Crippen molar-refractivity contribution in [1.29, 1.82) is 0 Å². The van der Waals surface area contributed by atoms with E-state index in [2.05, 4.69) is 0 Å². The fraction of sp³-hybridized carbons (Fsp3) is 0.421. The molecule has 7 nitrogen and oxygen atoms in total. The first-order valence-electron chi connectivity index (χ1n) is 8.50. The highest BCUT2D eigenvalue weighted by molar-refractivity contribution is 6.16. The van der Waals surface area contributed by atoms with E-state index in [0.29, 0.717) is 31.5 Å². The lowest BCUT2D eigenvalue weighted by molar-refractivity contribution is -0.222. The molecule has 26 heavy (non-hydrogen) atoms. The van der Waals surface area contributed by atoms with Gasteiger partial charge in [0.05, 0.1) is 0 Å². The van der Waals surface area contributed by atoms with Crippen molar-refractivity contribution in [3.63, 3.8) is 0 Å². The zero-order valence-corrected chi connectivity index (χ0v) is 14.8. The van der Waals surface area contributed by atoms with Crippen molar-refractivity contribution in [2.24, 2.45) is 0 Å². The van der Waals surface area contributed by atoms with E-state index < -0.39 is 23.8 Å². The van der Waals surface area contributed by atoms with Crippen molar-refractivity contribution < 1.29 is 28.6 Å². The molecule has 0 radical (unpaired) electrons. The second-order valence-corrected chi connectivity index (χ2v) is 6.68. The monoisotopic (exact) mass is 359 g/mol. The fourth-order valence-electron chi connectivity index (χ4n) is 2.96. The Hall–Kier alpha value is -2.83. The van der Waals surface area contributed by atoms with Crippen molar-refractivity contribution in [2.75, 3.05) is 13.1 Å². The van der Waals surface area contributed by atoms with E-state index in [1.165, 1.54) is 13.8 Å². The van der Waals surface area contributed by atoms with Gasteiger partial charge in [-0.3, -0.25) is 0 Å². The number of amides is 1. The van der Waals surface area contributed by atoms with Crippen LogP contribution in [0.5, 0.6) is 0 Å². The molecule has 2 fully saturated rings. The highest BCUT2D eigenvalue weighted by Crippen LogP contribution is 2.29. The molecule has 0 unspecified atom stereocenters. The van der Waals surface area contributed by atoms with E-state index in [9.17, 15) is 14.4 Å². The molecule has 1 aromatic rings. The Morgan fingerprint density at radius 2 is 1.65 bits per heavy atom. The second kappa shape index (κ2) is 7.19. The molecular formula is C19H21NO6. The van der Waals surface area contributed by atoms with Crippen molar-refractivity contribution in [1.82, 2.24) is 4.90 Å². The number of carbonyl (C=O) groups excluding carboxylic acids is 3. The minimum atomic E-state index is -1.25. The van der Waals surface area contributed by atoms with E-state index >= 15 is 0 Å². The first-order valence-corrected chi connectivity index (χ1v) is 8.50. The maximum absolute atomic E-state index is 12.2. The summed E-state index contributed by atoms with van der Waals surface area (Å²) >= 11 is 0. The van der Waals surface area contributed by atoms with E-state index in [4.69, 9.17) is 14.2 Å². The second-order valence-electron chi connectivity index (χ2n) is 6.68. The molecule has 3 rings (SSSR count). The lowest BCUT2D eigenvalue weighted by Crippen LogP contribution is -2.43. The quantitative estimate of drug-likeness (QED) is 0.458. The molecule has 1 aromatic carbocycles. The Morgan fingerprint density at radius 3 is 2.23 bits per heavy atom. The Kier molecular flexibility index (Phi) is 4.97. The molecule has 2 aliphatic heterocycles. The Labute approximate surface area is 151 Å². The number of carbonyl (C=O) groups is 3. The van der Waals surface area contributed by atoms with Crippen LogP contribution in [0.1, 0.15) is 32.3 Å². The summed E-state index contributed by atoms with van der Waals surface area (Å²) in [5.41, 5.74) is 1.53. The summed E-state index contributed by atoms with van der Waals surface area (Å²) in [5.74, 6) is -2.58. The van der Waals surface area contributed by atoms with Gasteiger partial charge in [-0.15, -0.1) is 0 Å². The van der Waals surface area contributed by atoms with Crippen molar-refractivity contribution in [2.45, 2.75) is 39.1 Å². The first-order chi connectivity index (χ1) is 12.4. The average molecular weight is 359 g/mol. The molecule has 0 atom stereocenters. The third kappa shape index (κ3) is 4.04. The van der Waals surface area contributed by atoms with Gasteiger partial charge in [0.15, 0.2) is 0 Å². The predicted molar refractivity (Wildman–Crippen MR) is 90.7 cm³/mol. The highest BCUT2D eigenvalue weighted by atomic mass is 16.7. The predicted octanol–water partition coefficient (Wildman–Crippen LogP) is 2.55. The largest absolute Gasteiger partial charge is 0.445 e. The number of likely N-dealkylation sites (tertiary alicyclic amines) is 1. The van der Waals surface area contributed by atoms with Gasteiger partial charge in [-0.05, 0) is 24.0 Å². The van der Waals surface area contributed by atoms with E-state index in [1.54, 1.807) is 4.90 Å². The Morgan fingerprint density at radius 1 is 1.08 bits per heavy atom. The van der Waals surface area contributed by atoms with Gasteiger partial charge in [-0.2, -0.15) is 0 Å². The van der Waals surface area contributed by atoms with Gasteiger partial charge in [0.25, 0.3) is 5.79 Å². The molecule has 138 valence electrons. The van der Waals surface area contributed by atoms with Gasteiger partial charge in [-0.1, -0.05) is 30.3 Å². The third-order valence-corrected chi connectivity index (χ3v) is 4.27. The summed E-state index contributed by atoms with van der Waals surface area (Å²) in [5, 5.41) is 0. The molecule has 1 amide bonds. The lowest BCUT2D eigenvalue weighted by Gasteiger charge is -2.33. The van der Waals surface area contributed by atoms with Crippen LogP contribution in [0.4, 0.5) is 4.79 Å². The summed E-state index contributed by atoms with van der Waals surface area (Å²) in [7, 11) is 0. The molecule has 0 bridgehead atoms.